The van der Waals surface area contributed by atoms with Crippen LogP contribution in [0.1, 0.15) is 28.9 Å². The Hall–Kier alpha value is -2.03. The highest BCUT2D eigenvalue weighted by Crippen LogP contribution is 2.24. The van der Waals surface area contributed by atoms with E-state index in [0.29, 0.717) is 0 Å². The summed E-state index contributed by atoms with van der Waals surface area (Å²) < 4.78 is 25.2. The van der Waals surface area contributed by atoms with Gasteiger partial charge in [-0.3, -0.25) is 4.79 Å². The van der Waals surface area contributed by atoms with Crippen molar-refractivity contribution in [3.8, 4) is 6.07 Å². The van der Waals surface area contributed by atoms with Crippen molar-refractivity contribution in [1.29, 1.82) is 5.26 Å². The van der Waals surface area contributed by atoms with E-state index in [1.54, 1.807) is 6.07 Å². The van der Waals surface area contributed by atoms with Crippen molar-refractivity contribution in [2.45, 2.75) is 19.8 Å². The van der Waals surface area contributed by atoms with Gasteiger partial charge in [-0.1, -0.05) is 0 Å². The van der Waals surface area contributed by atoms with Crippen LogP contribution in [0.25, 0.3) is 0 Å². The van der Waals surface area contributed by atoms with Crippen molar-refractivity contribution < 1.29 is 18.7 Å². The second kappa shape index (κ2) is 4.66. The molecule has 0 radical (unpaired) electrons. The smallest absolute Gasteiger partial charge is 0.309 e. The third kappa shape index (κ3) is 2.51. The highest BCUT2D eigenvalue weighted by atomic mass is 19.3. The van der Waals surface area contributed by atoms with E-state index in [-0.39, 0.29) is 22.5 Å². The van der Waals surface area contributed by atoms with E-state index in [4.69, 9.17) is 10.4 Å². The van der Waals surface area contributed by atoms with Gasteiger partial charge < -0.3 is 5.11 Å². The van der Waals surface area contributed by atoms with Crippen LogP contribution in [0.15, 0.2) is 6.07 Å². The first kappa shape index (κ1) is 12.0. The summed E-state index contributed by atoms with van der Waals surface area (Å²) in [6.07, 6.45) is -3.23. The third-order valence-corrected chi connectivity index (χ3v) is 2.04. The number of aromatic nitrogens is 1. The molecule has 0 saturated carbocycles. The summed E-state index contributed by atoms with van der Waals surface area (Å²) in [5.74, 6) is -1.18. The molecule has 0 aliphatic heterocycles. The number of hydrogen-bond donors (Lipinski definition) is 1. The Bertz CT molecular complexity index is 467. The number of alkyl halides is 2. The molecule has 0 unspecified atom stereocenters. The van der Waals surface area contributed by atoms with Crippen LogP contribution < -0.4 is 0 Å². The maximum absolute atomic E-state index is 12.6. The second-order valence-corrected chi connectivity index (χ2v) is 3.16. The van der Waals surface area contributed by atoms with Crippen molar-refractivity contribution in [1.82, 2.24) is 4.98 Å². The van der Waals surface area contributed by atoms with Gasteiger partial charge in [0.2, 0.25) is 0 Å². The molecule has 1 N–H and O–H groups in total. The lowest BCUT2D eigenvalue weighted by atomic mass is 10.1. The van der Waals surface area contributed by atoms with Crippen molar-refractivity contribution in [2.75, 3.05) is 0 Å². The average molecular weight is 226 g/mol. The van der Waals surface area contributed by atoms with Crippen LogP contribution in [0.2, 0.25) is 0 Å². The lowest BCUT2D eigenvalue weighted by Gasteiger charge is -2.08. The Morgan fingerprint density at radius 3 is 2.75 bits per heavy atom. The number of nitrogens with zero attached hydrogens (tertiary/aromatic N) is 2. The SMILES string of the molecule is Cc1c(C(F)F)cc(CC(=O)O)nc1C#N. The van der Waals surface area contributed by atoms with E-state index >= 15 is 0 Å². The van der Waals surface area contributed by atoms with Crippen molar-refractivity contribution >= 4 is 5.97 Å². The number of hydrogen-bond acceptors (Lipinski definition) is 3. The monoisotopic (exact) mass is 226 g/mol. The first-order valence-electron chi connectivity index (χ1n) is 4.36. The molecule has 0 atom stereocenters. The second-order valence-electron chi connectivity index (χ2n) is 3.16. The number of rotatable bonds is 3. The Morgan fingerprint density at radius 1 is 1.69 bits per heavy atom. The quantitative estimate of drug-likeness (QED) is 0.853. The maximum Gasteiger partial charge on any atom is 0.309 e. The molecule has 84 valence electrons. The minimum absolute atomic E-state index is 0.0371. The fourth-order valence-electron chi connectivity index (χ4n) is 1.27. The fraction of sp³-hybridized carbons (Fsp3) is 0.300. The molecule has 0 saturated heterocycles. The summed E-state index contributed by atoms with van der Waals surface area (Å²) in [4.78, 5) is 14.1. The fourth-order valence-corrected chi connectivity index (χ4v) is 1.27. The average Bonchev–Trinajstić information content (AvgIpc) is 2.19. The summed E-state index contributed by atoms with van der Waals surface area (Å²) >= 11 is 0. The molecule has 0 bridgehead atoms. The van der Waals surface area contributed by atoms with Crippen molar-refractivity contribution in [3.63, 3.8) is 0 Å². The molecule has 6 heteroatoms. The topological polar surface area (TPSA) is 74.0 Å². The molecular weight excluding hydrogens is 218 g/mol. The molecule has 4 nitrogen and oxygen atoms in total. The number of carboxylic acid groups (broad SMARTS) is 1. The summed E-state index contributed by atoms with van der Waals surface area (Å²) in [6.45, 7) is 1.36. The van der Waals surface area contributed by atoms with Crippen LogP contribution in [0.4, 0.5) is 8.78 Å². The van der Waals surface area contributed by atoms with Gasteiger partial charge in [0.05, 0.1) is 12.1 Å². The van der Waals surface area contributed by atoms with Gasteiger partial charge in [-0.25, -0.2) is 13.8 Å². The molecule has 0 aliphatic carbocycles. The normalized spacial score (nSPS) is 10.2. The molecule has 0 aromatic carbocycles. The van der Waals surface area contributed by atoms with Crippen LogP contribution >= 0.6 is 0 Å². The van der Waals surface area contributed by atoms with Gasteiger partial charge in [-0.05, 0) is 18.6 Å². The van der Waals surface area contributed by atoms with Crippen LogP contribution in [0.3, 0.4) is 0 Å². The molecule has 1 aromatic heterocycles. The zero-order valence-electron chi connectivity index (χ0n) is 8.37. The molecule has 0 amide bonds. The van der Waals surface area contributed by atoms with Gasteiger partial charge in [0.15, 0.2) is 0 Å². The Labute approximate surface area is 90.2 Å². The molecular formula is C10H8F2N2O2. The van der Waals surface area contributed by atoms with Crippen molar-refractivity contribution in [3.05, 3.63) is 28.6 Å². The number of carbonyl (C=O) groups is 1. The molecule has 0 fully saturated rings. The zero-order chi connectivity index (χ0) is 12.3. The highest BCUT2D eigenvalue weighted by molar-refractivity contribution is 5.69. The summed E-state index contributed by atoms with van der Waals surface area (Å²) in [6, 6.07) is 2.69. The molecule has 1 aromatic rings. The Morgan fingerprint density at radius 2 is 2.31 bits per heavy atom. The first-order chi connectivity index (χ1) is 7.45. The van der Waals surface area contributed by atoms with E-state index in [0.717, 1.165) is 6.07 Å². The highest BCUT2D eigenvalue weighted by Gasteiger charge is 2.17. The zero-order valence-corrected chi connectivity index (χ0v) is 8.37. The van der Waals surface area contributed by atoms with Crippen LogP contribution in [0.5, 0.6) is 0 Å². The number of carboxylic acids is 1. The van der Waals surface area contributed by atoms with Gasteiger partial charge in [-0.15, -0.1) is 0 Å². The third-order valence-electron chi connectivity index (χ3n) is 2.04. The number of nitriles is 1. The van der Waals surface area contributed by atoms with E-state index in [1.807, 2.05) is 0 Å². The number of halogens is 2. The Kier molecular flexibility index (Phi) is 3.51. The lowest BCUT2D eigenvalue weighted by molar-refractivity contribution is -0.136. The predicted octanol–water partition coefficient (Wildman–Crippen LogP) is 1.83. The van der Waals surface area contributed by atoms with Crippen LogP contribution in [-0.4, -0.2) is 16.1 Å². The lowest BCUT2D eigenvalue weighted by Crippen LogP contribution is -2.06. The van der Waals surface area contributed by atoms with Crippen LogP contribution in [0, 0.1) is 18.3 Å². The summed E-state index contributed by atoms with van der Waals surface area (Å²) in [5.41, 5.74) is -0.451. The summed E-state index contributed by atoms with van der Waals surface area (Å²) in [7, 11) is 0. The molecule has 16 heavy (non-hydrogen) atoms. The van der Waals surface area contributed by atoms with Gasteiger partial charge >= 0.3 is 5.97 Å². The van der Waals surface area contributed by atoms with Gasteiger partial charge in [0.25, 0.3) is 6.43 Å². The van der Waals surface area contributed by atoms with E-state index in [9.17, 15) is 13.6 Å². The number of pyridine rings is 1. The Balaban J connectivity index is 3.29. The first-order valence-corrected chi connectivity index (χ1v) is 4.36. The molecule has 1 rings (SSSR count). The predicted molar refractivity (Wildman–Crippen MR) is 50.0 cm³/mol. The van der Waals surface area contributed by atoms with Crippen molar-refractivity contribution in [2.24, 2.45) is 0 Å². The van der Waals surface area contributed by atoms with E-state index in [1.165, 1.54) is 6.92 Å². The van der Waals surface area contributed by atoms with E-state index < -0.39 is 18.8 Å². The van der Waals surface area contributed by atoms with Gasteiger partial charge in [0, 0.05) is 5.56 Å². The summed E-state index contributed by atoms with van der Waals surface area (Å²) in [5, 5.41) is 17.2. The molecule has 1 heterocycles. The standard InChI is InChI=1S/C10H8F2N2O2/c1-5-7(10(11)12)2-6(3-9(15)16)14-8(5)4-13/h2,10H,3H2,1H3,(H,15,16). The largest absolute Gasteiger partial charge is 0.481 e. The van der Waals surface area contributed by atoms with Gasteiger partial charge in [-0.2, -0.15) is 5.26 Å². The van der Waals surface area contributed by atoms with E-state index in [2.05, 4.69) is 4.98 Å². The molecule has 0 aliphatic rings. The van der Waals surface area contributed by atoms with Crippen LogP contribution in [-0.2, 0) is 11.2 Å². The number of aliphatic carboxylic acids is 1. The maximum atomic E-state index is 12.6. The molecule has 0 spiro atoms. The van der Waals surface area contributed by atoms with Gasteiger partial charge in [0.1, 0.15) is 11.8 Å². The minimum Gasteiger partial charge on any atom is -0.481 e. The minimum atomic E-state index is -2.75.